The summed E-state index contributed by atoms with van der Waals surface area (Å²) >= 11 is 0. The molecule has 7 heteroatoms. The second-order valence-corrected chi connectivity index (χ2v) is 24.2. The van der Waals surface area contributed by atoms with E-state index in [1.807, 2.05) is 52.0 Å². The van der Waals surface area contributed by atoms with E-state index in [0.29, 0.717) is 35.0 Å². The summed E-state index contributed by atoms with van der Waals surface area (Å²) in [6.07, 6.45) is 3.95. The molecule has 0 N–H and O–H groups in total. The van der Waals surface area contributed by atoms with Gasteiger partial charge in [0.15, 0.2) is 0 Å². The molecule has 0 radical (unpaired) electrons. The van der Waals surface area contributed by atoms with Gasteiger partial charge in [0.05, 0.1) is 11.4 Å². The number of nitrogens with zero attached hydrogens (tertiary/aromatic N) is 4. The van der Waals surface area contributed by atoms with Gasteiger partial charge in [0.1, 0.15) is 0 Å². The predicted octanol–water partition coefficient (Wildman–Crippen LogP) is 18.6. The number of hydrogen-bond acceptors (Lipinski definition) is 4. The second kappa shape index (κ2) is 24.4. The molecule has 0 aromatic heterocycles. The first kappa shape index (κ1) is 61.1. The van der Waals surface area contributed by atoms with Gasteiger partial charge in [-0.2, -0.15) is 11.4 Å². The van der Waals surface area contributed by atoms with Gasteiger partial charge in [-0.25, -0.2) is 0 Å². The third-order valence-electron chi connectivity index (χ3n) is 12.2. The van der Waals surface area contributed by atoms with E-state index in [-0.39, 0.29) is 64.3 Å². The van der Waals surface area contributed by atoms with Crippen LogP contribution < -0.4 is 10.2 Å². The Morgan fingerprint density at radius 3 is 0.928 bits per heavy atom. The van der Waals surface area contributed by atoms with Crippen LogP contribution in [0.1, 0.15) is 234 Å². The molecule has 4 aromatic rings. The summed E-state index contributed by atoms with van der Waals surface area (Å²) in [6, 6.07) is 20.9. The first-order chi connectivity index (χ1) is 31.0. The van der Waals surface area contributed by atoms with Gasteiger partial charge in [0, 0.05) is 11.4 Å². The van der Waals surface area contributed by atoms with E-state index in [9.17, 15) is 10.2 Å². The van der Waals surface area contributed by atoms with E-state index in [4.69, 9.17) is 20.6 Å². The fourth-order valence-corrected chi connectivity index (χ4v) is 8.12. The van der Waals surface area contributed by atoms with Gasteiger partial charge in [0.25, 0.3) is 0 Å². The molecule has 0 bridgehead atoms. The predicted molar refractivity (Wildman–Crippen MR) is 295 cm³/mol. The van der Waals surface area contributed by atoms with Crippen molar-refractivity contribution < 1.29 is 41.3 Å². The first-order valence-corrected chi connectivity index (χ1v) is 24.9. The van der Waals surface area contributed by atoms with E-state index in [0.717, 1.165) is 56.4 Å². The number of hydrogen-bond donors (Lipinski definition) is 0. The number of para-hydroxylation sites is 2. The van der Waals surface area contributed by atoms with Gasteiger partial charge in [0.2, 0.25) is 0 Å². The minimum Gasteiger partial charge on any atom is -0.873 e. The third-order valence-corrected chi connectivity index (χ3v) is 12.2. The van der Waals surface area contributed by atoms with E-state index in [1.165, 1.54) is 22.3 Å². The molecule has 6 nitrogen and oxygen atoms in total. The Labute approximate surface area is 444 Å². The molecule has 69 heavy (non-hydrogen) atoms. The van der Waals surface area contributed by atoms with Crippen molar-refractivity contribution in [3.05, 3.63) is 139 Å². The monoisotopic (exact) mass is 1160 g/mol. The molecule has 4 rings (SSSR count). The number of allylic oxidation sites excluding steroid dienone is 4. The van der Waals surface area contributed by atoms with Crippen LogP contribution in [0.15, 0.2) is 94.2 Å². The maximum Gasteiger partial charge on any atom is 4.00 e. The molecule has 0 aliphatic rings. The largest absolute Gasteiger partial charge is 4.00 e. The van der Waals surface area contributed by atoms with Crippen LogP contribution in [0.25, 0.3) is 10.6 Å². The molecule has 0 unspecified atom stereocenters. The Bertz CT molecular complexity index is 2280. The van der Waals surface area contributed by atoms with Crippen LogP contribution in [0.5, 0.6) is 11.5 Å². The SMILES string of the molecule is CC(/C=C(/C)[N-]c1cc(C(C)(C)C)cc(C(C)(C)C)c1[O-])=Nc1c(C(C)C)cccc1C(C)C.CC(/C=C(/C)[N-]c1cc(C(C)(C)C)cc(C(C)(C)C)c1[O-])=Nc1c(C(C)C)cccc1C(C)C.[U+4]. The van der Waals surface area contributed by atoms with E-state index < -0.39 is 0 Å². The summed E-state index contributed by atoms with van der Waals surface area (Å²) in [4.78, 5) is 10.0. The smallest absolute Gasteiger partial charge is 0.873 e. The van der Waals surface area contributed by atoms with Gasteiger partial charge < -0.3 is 20.8 Å². The molecule has 0 aliphatic carbocycles. The molecule has 372 valence electrons. The number of rotatable bonds is 12. The molecule has 0 amide bonds. The Morgan fingerprint density at radius 2 is 0.710 bits per heavy atom. The van der Waals surface area contributed by atoms with Crippen molar-refractivity contribution in [1.29, 1.82) is 0 Å². The molecule has 0 heterocycles. The van der Waals surface area contributed by atoms with Crippen molar-refractivity contribution in [3.63, 3.8) is 0 Å². The van der Waals surface area contributed by atoms with Crippen LogP contribution in [-0.4, -0.2) is 11.4 Å². The van der Waals surface area contributed by atoms with Crippen molar-refractivity contribution >= 4 is 34.2 Å². The number of aliphatic imine (C=N–C) groups is 2. The first-order valence-electron chi connectivity index (χ1n) is 24.9. The standard InChI is InChI=1S/2C31H45N2O.U/c2*1-19(2)24-14-13-15-25(20(3)4)28(24)33-22(6)16-21(5)32-27-18-23(30(7,8)9)17-26(29(27)34)31(10,11)12;/h2*13-20H,1-12H3,(H-,32,33,34);/q2*-1;+4/p-2. The molecule has 4 aromatic carbocycles. The van der Waals surface area contributed by atoms with Crippen molar-refractivity contribution in [2.75, 3.05) is 0 Å². The fraction of sp³-hybridized carbons (Fsp3) is 0.516. The molecule has 0 saturated carbocycles. The maximum absolute atomic E-state index is 13.3. The second-order valence-electron chi connectivity index (χ2n) is 24.2. The van der Waals surface area contributed by atoms with E-state index >= 15 is 0 Å². The van der Waals surface area contributed by atoms with Gasteiger partial charge in [-0.1, -0.05) is 236 Å². The molecule has 0 aliphatic heterocycles. The summed E-state index contributed by atoms with van der Waals surface area (Å²) in [7, 11) is 0. The van der Waals surface area contributed by atoms with Crippen molar-refractivity contribution in [2.45, 2.75) is 212 Å². The minimum atomic E-state index is -0.245. The van der Waals surface area contributed by atoms with E-state index in [2.05, 4.69) is 187 Å². The van der Waals surface area contributed by atoms with Crippen LogP contribution in [-0.2, 0) is 21.7 Å². The van der Waals surface area contributed by atoms with Crippen LogP contribution in [0.4, 0.5) is 22.7 Å². The zero-order chi connectivity index (χ0) is 52.0. The Hall–Kier alpha value is -4.05. The minimum absolute atomic E-state index is 0. The Balaban J connectivity index is 0.000000467. The van der Waals surface area contributed by atoms with Crippen molar-refractivity contribution in [3.8, 4) is 11.5 Å². The van der Waals surface area contributed by atoms with Crippen molar-refractivity contribution in [1.82, 2.24) is 0 Å². The van der Waals surface area contributed by atoms with Crippen LogP contribution in [0.2, 0.25) is 0 Å². The van der Waals surface area contributed by atoms with Gasteiger partial charge in [-0.3, -0.25) is 9.98 Å². The van der Waals surface area contributed by atoms with Crippen LogP contribution in [0.3, 0.4) is 0 Å². The zero-order valence-electron chi connectivity index (χ0n) is 47.3. The average molecular weight is 1160 g/mol. The summed E-state index contributed by atoms with van der Waals surface area (Å²) in [5.74, 6) is 1.57. The molecular formula is C62H88N4O2U. The normalized spacial score (nSPS) is 13.5. The Morgan fingerprint density at radius 1 is 0.449 bits per heavy atom. The van der Waals surface area contributed by atoms with Gasteiger partial charge in [-0.05, 0) is 92.6 Å². The summed E-state index contributed by atoms with van der Waals surface area (Å²) < 4.78 is 0. The molecule has 0 saturated heterocycles. The zero-order valence-corrected chi connectivity index (χ0v) is 51.5. The molecule has 0 fully saturated rings. The summed E-state index contributed by atoms with van der Waals surface area (Å²) in [6.45, 7) is 51.0. The topological polar surface area (TPSA) is 99.0 Å². The molecule has 0 atom stereocenters. The number of benzene rings is 4. The Kier molecular flexibility index (Phi) is 21.6. The fourth-order valence-electron chi connectivity index (χ4n) is 8.12. The summed E-state index contributed by atoms with van der Waals surface area (Å²) in [5, 5.41) is 36.1. The van der Waals surface area contributed by atoms with Gasteiger partial charge >= 0.3 is 31.1 Å². The van der Waals surface area contributed by atoms with Crippen molar-refractivity contribution in [2.24, 2.45) is 9.98 Å². The third kappa shape index (κ3) is 17.1. The average Bonchev–Trinajstić information content (AvgIpc) is 3.17. The summed E-state index contributed by atoms with van der Waals surface area (Å²) in [5.41, 5.74) is 14.7. The maximum atomic E-state index is 13.3. The molecule has 0 spiro atoms. The molecular weight excluding hydrogens is 1070 g/mol. The van der Waals surface area contributed by atoms with Crippen LogP contribution in [0, 0.1) is 31.1 Å². The van der Waals surface area contributed by atoms with Gasteiger partial charge in [-0.15, -0.1) is 22.9 Å². The quantitative estimate of drug-likeness (QED) is 0.132. The van der Waals surface area contributed by atoms with Crippen LogP contribution >= 0.6 is 0 Å². The van der Waals surface area contributed by atoms with E-state index in [1.54, 1.807) is 0 Å².